The number of rotatable bonds is 2. The first-order valence-electron chi connectivity index (χ1n) is 7.73. The van der Waals surface area contributed by atoms with Gasteiger partial charge in [0, 0.05) is 25.2 Å². The molecule has 3 amide bonds. The average Bonchev–Trinajstić information content (AvgIpc) is 3.10. The van der Waals surface area contributed by atoms with Gasteiger partial charge in [0.15, 0.2) is 0 Å². The summed E-state index contributed by atoms with van der Waals surface area (Å²) < 4.78 is 4.98. The number of piperidine rings is 1. The van der Waals surface area contributed by atoms with Crippen LogP contribution in [0.3, 0.4) is 0 Å². The van der Waals surface area contributed by atoms with Crippen molar-refractivity contribution in [1.82, 2.24) is 15.1 Å². The summed E-state index contributed by atoms with van der Waals surface area (Å²) in [5.74, 6) is 0. The van der Waals surface area contributed by atoms with E-state index >= 15 is 0 Å². The van der Waals surface area contributed by atoms with E-state index in [4.69, 9.17) is 4.74 Å². The van der Waals surface area contributed by atoms with Crippen LogP contribution >= 0.6 is 0 Å². The number of cyclic esters (lactones) is 1. The summed E-state index contributed by atoms with van der Waals surface area (Å²) in [6.07, 6.45) is 6.19. The molecule has 6 heteroatoms. The van der Waals surface area contributed by atoms with Crippen LogP contribution in [-0.2, 0) is 4.74 Å². The summed E-state index contributed by atoms with van der Waals surface area (Å²) in [7, 11) is 0. The molecule has 3 rings (SSSR count). The van der Waals surface area contributed by atoms with E-state index in [1.165, 1.54) is 12.8 Å². The van der Waals surface area contributed by atoms with Crippen LogP contribution in [0, 0.1) is 0 Å². The largest absolute Gasteiger partial charge is 0.448 e. The van der Waals surface area contributed by atoms with Crippen molar-refractivity contribution < 1.29 is 14.3 Å². The maximum atomic E-state index is 12.2. The van der Waals surface area contributed by atoms with Crippen molar-refractivity contribution in [2.45, 2.75) is 50.6 Å². The number of carbonyl (C=O) groups excluding carboxylic acids is 2. The molecular formula is C14H23N3O3. The summed E-state index contributed by atoms with van der Waals surface area (Å²) in [6, 6.07) is 0.675. The lowest BCUT2D eigenvalue weighted by Crippen LogP contribution is -2.51. The lowest BCUT2D eigenvalue weighted by molar-refractivity contribution is 0.122. The highest BCUT2D eigenvalue weighted by atomic mass is 16.6. The Labute approximate surface area is 119 Å². The quantitative estimate of drug-likeness (QED) is 0.835. The van der Waals surface area contributed by atoms with Crippen molar-refractivity contribution >= 4 is 12.1 Å². The second-order valence-corrected chi connectivity index (χ2v) is 5.96. The topological polar surface area (TPSA) is 61.9 Å². The molecule has 0 unspecified atom stereocenters. The lowest BCUT2D eigenvalue weighted by Gasteiger charge is -2.36. The van der Waals surface area contributed by atoms with Crippen molar-refractivity contribution in [1.29, 1.82) is 0 Å². The lowest BCUT2D eigenvalue weighted by atomic mass is 10.0. The smallest absolute Gasteiger partial charge is 0.410 e. The Balaban J connectivity index is 1.45. The zero-order chi connectivity index (χ0) is 13.9. The number of hydrogen-bond acceptors (Lipinski definition) is 3. The van der Waals surface area contributed by atoms with Crippen LogP contribution in [0.4, 0.5) is 9.59 Å². The van der Waals surface area contributed by atoms with Gasteiger partial charge in [-0.15, -0.1) is 0 Å². The van der Waals surface area contributed by atoms with E-state index in [-0.39, 0.29) is 18.2 Å². The van der Waals surface area contributed by atoms with Crippen LogP contribution in [0.1, 0.15) is 38.5 Å². The number of nitrogens with zero attached hydrogens (tertiary/aromatic N) is 2. The van der Waals surface area contributed by atoms with Crippen molar-refractivity contribution in [2.24, 2.45) is 0 Å². The fraction of sp³-hybridized carbons (Fsp3) is 0.857. The van der Waals surface area contributed by atoms with Gasteiger partial charge in [-0.3, -0.25) is 0 Å². The first kappa shape index (κ1) is 13.5. The highest BCUT2D eigenvalue weighted by Gasteiger charge is 2.33. The van der Waals surface area contributed by atoms with Gasteiger partial charge in [0.1, 0.15) is 6.61 Å². The molecule has 6 nitrogen and oxygen atoms in total. The average molecular weight is 281 g/mol. The van der Waals surface area contributed by atoms with E-state index < -0.39 is 0 Å². The molecule has 0 bridgehead atoms. The van der Waals surface area contributed by atoms with Gasteiger partial charge in [0.2, 0.25) is 0 Å². The number of carbonyl (C=O) groups is 2. The Morgan fingerprint density at radius 2 is 1.80 bits per heavy atom. The molecule has 2 heterocycles. The summed E-state index contributed by atoms with van der Waals surface area (Å²) in [6.45, 7) is 2.65. The normalized spacial score (nSPS) is 25.1. The minimum Gasteiger partial charge on any atom is -0.448 e. The Bertz CT molecular complexity index is 374. The van der Waals surface area contributed by atoms with Gasteiger partial charge < -0.3 is 19.9 Å². The number of ether oxygens (including phenoxy) is 1. The van der Waals surface area contributed by atoms with Gasteiger partial charge in [0.05, 0.1) is 6.54 Å². The van der Waals surface area contributed by atoms with E-state index in [2.05, 4.69) is 5.32 Å². The molecule has 1 aliphatic carbocycles. The molecule has 3 aliphatic rings. The summed E-state index contributed by atoms with van der Waals surface area (Å²) >= 11 is 0. The van der Waals surface area contributed by atoms with Crippen LogP contribution in [0.15, 0.2) is 0 Å². The predicted molar refractivity (Wildman–Crippen MR) is 73.4 cm³/mol. The molecule has 1 saturated carbocycles. The van der Waals surface area contributed by atoms with E-state index in [0.717, 1.165) is 38.8 Å². The molecule has 20 heavy (non-hydrogen) atoms. The fourth-order valence-corrected chi connectivity index (χ4v) is 3.45. The van der Waals surface area contributed by atoms with Crippen LogP contribution in [0.25, 0.3) is 0 Å². The third-order valence-electron chi connectivity index (χ3n) is 4.67. The maximum absolute atomic E-state index is 12.2. The Kier molecular flexibility index (Phi) is 3.98. The molecule has 0 radical (unpaired) electrons. The summed E-state index contributed by atoms with van der Waals surface area (Å²) in [4.78, 5) is 27.4. The van der Waals surface area contributed by atoms with Crippen molar-refractivity contribution in [3.05, 3.63) is 0 Å². The number of hydrogen-bond donors (Lipinski definition) is 1. The first-order valence-corrected chi connectivity index (χ1v) is 7.73. The Morgan fingerprint density at radius 1 is 1.10 bits per heavy atom. The van der Waals surface area contributed by atoms with Crippen molar-refractivity contribution in [2.75, 3.05) is 26.2 Å². The summed E-state index contributed by atoms with van der Waals surface area (Å²) in [5, 5.41) is 3.12. The Morgan fingerprint density at radius 3 is 2.40 bits per heavy atom. The second kappa shape index (κ2) is 5.89. The molecule has 2 saturated heterocycles. The molecule has 0 atom stereocenters. The predicted octanol–water partition coefficient (Wildman–Crippen LogP) is 1.56. The highest BCUT2D eigenvalue weighted by molar-refractivity contribution is 5.74. The molecule has 2 aliphatic heterocycles. The molecule has 0 aromatic carbocycles. The SMILES string of the molecule is O=C(NC1CCCC1)N1CCC(N2CCOC2=O)CC1. The number of amides is 3. The first-order chi connectivity index (χ1) is 9.74. The third-order valence-corrected chi connectivity index (χ3v) is 4.67. The van der Waals surface area contributed by atoms with Gasteiger partial charge in [0.25, 0.3) is 0 Å². The third kappa shape index (κ3) is 2.83. The van der Waals surface area contributed by atoms with Gasteiger partial charge in [-0.1, -0.05) is 12.8 Å². The van der Waals surface area contributed by atoms with Crippen LogP contribution in [0.5, 0.6) is 0 Å². The minimum absolute atomic E-state index is 0.0688. The molecular weight excluding hydrogens is 258 g/mol. The van der Waals surface area contributed by atoms with Crippen molar-refractivity contribution in [3.8, 4) is 0 Å². The zero-order valence-electron chi connectivity index (χ0n) is 11.8. The van der Waals surface area contributed by atoms with Gasteiger partial charge >= 0.3 is 12.1 Å². The van der Waals surface area contributed by atoms with E-state index in [0.29, 0.717) is 19.2 Å². The molecule has 0 spiro atoms. The monoisotopic (exact) mass is 281 g/mol. The van der Waals surface area contributed by atoms with Gasteiger partial charge in [-0.25, -0.2) is 9.59 Å². The number of likely N-dealkylation sites (tertiary alicyclic amines) is 1. The number of urea groups is 1. The van der Waals surface area contributed by atoms with E-state index in [1.807, 2.05) is 9.80 Å². The van der Waals surface area contributed by atoms with Gasteiger partial charge in [-0.05, 0) is 25.7 Å². The maximum Gasteiger partial charge on any atom is 0.410 e. The highest BCUT2D eigenvalue weighted by Crippen LogP contribution is 2.21. The summed E-state index contributed by atoms with van der Waals surface area (Å²) in [5.41, 5.74) is 0. The van der Waals surface area contributed by atoms with Crippen LogP contribution in [-0.4, -0.2) is 60.2 Å². The zero-order valence-corrected chi connectivity index (χ0v) is 11.8. The standard InChI is InChI=1S/C14H23N3O3/c18-13(15-11-3-1-2-4-11)16-7-5-12(6-8-16)17-9-10-20-14(17)19/h11-12H,1-10H2,(H,15,18). The minimum atomic E-state index is -0.196. The molecule has 112 valence electrons. The molecule has 0 aromatic heterocycles. The molecule has 0 aromatic rings. The molecule has 1 N–H and O–H groups in total. The fourth-order valence-electron chi connectivity index (χ4n) is 3.45. The van der Waals surface area contributed by atoms with Crippen molar-refractivity contribution in [3.63, 3.8) is 0 Å². The van der Waals surface area contributed by atoms with Crippen LogP contribution in [0.2, 0.25) is 0 Å². The van der Waals surface area contributed by atoms with E-state index in [9.17, 15) is 9.59 Å². The van der Waals surface area contributed by atoms with E-state index in [1.54, 1.807) is 0 Å². The second-order valence-electron chi connectivity index (χ2n) is 5.96. The van der Waals surface area contributed by atoms with Gasteiger partial charge in [-0.2, -0.15) is 0 Å². The van der Waals surface area contributed by atoms with Crippen LogP contribution < -0.4 is 5.32 Å². The number of nitrogens with one attached hydrogen (secondary N) is 1. The Hall–Kier alpha value is -1.46. The molecule has 3 fully saturated rings.